The lowest BCUT2D eigenvalue weighted by molar-refractivity contribution is 0.293. The van der Waals surface area contributed by atoms with Gasteiger partial charge in [-0.3, -0.25) is 5.01 Å². The highest BCUT2D eigenvalue weighted by Gasteiger charge is 2.47. The minimum Gasteiger partial charge on any atom is -0.264 e. The van der Waals surface area contributed by atoms with Crippen LogP contribution in [0.3, 0.4) is 0 Å². The van der Waals surface area contributed by atoms with E-state index in [4.69, 9.17) is 0 Å². The number of nitroso groups, excluding NO2 is 1. The van der Waals surface area contributed by atoms with Crippen LogP contribution >= 0.6 is 0 Å². The van der Waals surface area contributed by atoms with Crippen molar-refractivity contribution in [2.24, 2.45) is 5.29 Å². The summed E-state index contributed by atoms with van der Waals surface area (Å²) in [5.41, 5.74) is 6.16. The maximum Gasteiger partial charge on any atom is 0.0521 e. The van der Waals surface area contributed by atoms with Crippen LogP contribution in [0.2, 0.25) is 0 Å². The molecule has 2 aromatic carbocycles. The third-order valence-corrected chi connectivity index (χ3v) is 5.79. The number of fused-ring (bicyclic) bond motifs is 1. The summed E-state index contributed by atoms with van der Waals surface area (Å²) < 4.78 is 0. The zero-order valence-electron chi connectivity index (χ0n) is 13.5. The Morgan fingerprint density at radius 2 is 1.70 bits per heavy atom. The van der Waals surface area contributed by atoms with Gasteiger partial charge in [-0.1, -0.05) is 48.5 Å². The number of nitrogens with zero attached hydrogens (tertiary/aromatic N) is 2. The molecule has 3 aliphatic carbocycles. The highest BCUT2D eigenvalue weighted by Crippen LogP contribution is 2.57. The zero-order valence-corrected chi connectivity index (χ0v) is 13.5. The average Bonchev–Trinajstić information content (AvgIpc) is 2.62. The lowest BCUT2D eigenvalue weighted by Gasteiger charge is -2.50. The van der Waals surface area contributed by atoms with Gasteiger partial charge < -0.3 is 0 Å². The van der Waals surface area contributed by atoms with Gasteiger partial charge in [-0.2, -0.15) is 0 Å². The van der Waals surface area contributed by atoms with Gasteiger partial charge in [0.25, 0.3) is 0 Å². The van der Waals surface area contributed by atoms with Crippen molar-refractivity contribution in [3.05, 3.63) is 75.7 Å². The third-order valence-electron chi connectivity index (χ3n) is 5.79. The first kappa shape index (κ1) is 14.4. The Labute approximate surface area is 137 Å². The molecule has 3 nitrogen and oxygen atoms in total. The van der Waals surface area contributed by atoms with E-state index in [1.165, 1.54) is 40.1 Å². The van der Waals surface area contributed by atoms with Gasteiger partial charge in [-0.25, -0.2) is 0 Å². The molecular formula is C20H22N2O. The molecule has 0 spiro atoms. The number of hydrogen-bond acceptors (Lipinski definition) is 2. The van der Waals surface area contributed by atoms with Crippen molar-refractivity contribution in [2.75, 3.05) is 13.6 Å². The Kier molecular flexibility index (Phi) is 3.44. The summed E-state index contributed by atoms with van der Waals surface area (Å²) in [6.45, 7) is 0.721. The second kappa shape index (κ2) is 5.48. The molecule has 0 aliphatic heterocycles. The fourth-order valence-electron chi connectivity index (χ4n) is 4.80. The molecule has 0 atom stereocenters. The number of benzene rings is 2. The van der Waals surface area contributed by atoms with Crippen LogP contribution in [-0.2, 0) is 5.41 Å². The molecule has 5 rings (SSSR count). The van der Waals surface area contributed by atoms with E-state index in [1.807, 2.05) is 0 Å². The van der Waals surface area contributed by atoms with Crippen LogP contribution < -0.4 is 0 Å². The normalized spacial score (nSPS) is 24.0. The Balaban J connectivity index is 1.77. The first-order valence-electron chi connectivity index (χ1n) is 8.49. The Hall–Kier alpha value is -2.16. The lowest BCUT2D eigenvalue weighted by Crippen LogP contribution is -2.40. The molecule has 23 heavy (non-hydrogen) atoms. The first-order chi connectivity index (χ1) is 11.3. The highest BCUT2D eigenvalue weighted by molar-refractivity contribution is 5.58. The lowest BCUT2D eigenvalue weighted by atomic mass is 9.54. The fourth-order valence-corrected chi connectivity index (χ4v) is 4.80. The molecular weight excluding hydrogens is 284 g/mol. The van der Waals surface area contributed by atoms with Gasteiger partial charge in [-0.15, -0.1) is 4.91 Å². The topological polar surface area (TPSA) is 32.7 Å². The summed E-state index contributed by atoms with van der Waals surface area (Å²) in [5, 5.41) is 4.50. The summed E-state index contributed by atoms with van der Waals surface area (Å²) in [7, 11) is 1.75. The van der Waals surface area contributed by atoms with E-state index in [9.17, 15) is 4.91 Å². The summed E-state index contributed by atoms with van der Waals surface area (Å²) in [4.78, 5) is 10.6. The maximum absolute atomic E-state index is 10.6. The van der Waals surface area contributed by atoms with Crippen LogP contribution in [0.25, 0.3) is 0 Å². The second-order valence-corrected chi connectivity index (χ2v) is 6.91. The molecule has 0 saturated carbocycles. The molecule has 118 valence electrons. The molecule has 0 radical (unpaired) electrons. The van der Waals surface area contributed by atoms with Crippen LogP contribution in [0.4, 0.5) is 0 Å². The molecule has 0 heterocycles. The molecule has 2 aromatic rings. The highest BCUT2D eigenvalue weighted by atomic mass is 16.3. The van der Waals surface area contributed by atoms with Crippen molar-refractivity contribution in [1.82, 2.24) is 5.01 Å². The molecule has 0 aromatic heterocycles. The van der Waals surface area contributed by atoms with Crippen LogP contribution in [0.5, 0.6) is 0 Å². The SMILES string of the molecule is CN(CCCC12CCC(c3ccccc31)c1ccccc12)N=O. The summed E-state index contributed by atoms with van der Waals surface area (Å²) >= 11 is 0. The molecule has 0 N–H and O–H groups in total. The van der Waals surface area contributed by atoms with Crippen LogP contribution in [-0.4, -0.2) is 18.6 Å². The van der Waals surface area contributed by atoms with Gasteiger partial charge in [0, 0.05) is 24.9 Å². The van der Waals surface area contributed by atoms with E-state index >= 15 is 0 Å². The monoisotopic (exact) mass is 306 g/mol. The van der Waals surface area contributed by atoms with Crippen LogP contribution in [0.15, 0.2) is 53.8 Å². The van der Waals surface area contributed by atoms with Crippen molar-refractivity contribution < 1.29 is 0 Å². The second-order valence-electron chi connectivity index (χ2n) is 6.91. The minimum atomic E-state index is 0.117. The smallest absolute Gasteiger partial charge is 0.0521 e. The molecule has 0 saturated heterocycles. The van der Waals surface area contributed by atoms with E-state index in [1.54, 1.807) is 7.05 Å². The first-order valence-corrected chi connectivity index (χ1v) is 8.49. The molecule has 0 fully saturated rings. The predicted molar refractivity (Wildman–Crippen MR) is 92.4 cm³/mol. The van der Waals surface area contributed by atoms with Gasteiger partial charge in [0.2, 0.25) is 0 Å². The standard InChI is InChI=1S/C20H22N2O/c1-22(21-23)14-6-12-20-13-11-15(16-7-2-4-9-18(16)20)17-8-3-5-10-19(17)20/h2-5,7-10,15H,6,11-14H2,1H3. The Bertz CT molecular complexity index is 692. The average molecular weight is 306 g/mol. The molecule has 2 bridgehead atoms. The van der Waals surface area contributed by atoms with E-state index in [-0.39, 0.29) is 5.41 Å². The van der Waals surface area contributed by atoms with Crippen molar-refractivity contribution in [2.45, 2.75) is 37.0 Å². The molecule has 3 aliphatic rings. The van der Waals surface area contributed by atoms with Gasteiger partial charge >= 0.3 is 0 Å². The van der Waals surface area contributed by atoms with Gasteiger partial charge in [0.15, 0.2) is 0 Å². The molecule has 3 heteroatoms. The Morgan fingerprint density at radius 1 is 1.09 bits per heavy atom. The van der Waals surface area contributed by atoms with E-state index in [2.05, 4.69) is 53.8 Å². The van der Waals surface area contributed by atoms with E-state index < -0.39 is 0 Å². The summed E-state index contributed by atoms with van der Waals surface area (Å²) in [5.74, 6) is 0.559. The van der Waals surface area contributed by atoms with E-state index in [0.29, 0.717) is 5.92 Å². The van der Waals surface area contributed by atoms with Crippen molar-refractivity contribution in [3.63, 3.8) is 0 Å². The van der Waals surface area contributed by atoms with Crippen molar-refractivity contribution in [3.8, 4) is 0 Å². The largest absolute Gasteiger partial charge is 0.264 e. The fraction of sp³-hybridized carbons (Fsp3) is 0.400. The third kappa shape index (κ3) is 2.10. The van der Waals surface area contributed by atoms with Gasteiger partial charge in [0.05, 0.1) is 5.29 Å². The number of hydrogen-bond donors (Lipinski definition) is 0. The summed E-state index contributed by atoms with van der Waals surface area (Å²) in [6.07, 6.45) is 4.50. The zero-order chi connectivity index (χ0) is 15.9. The van der Waals surface area contributed by atoms with Crippen LogP contribution in [0.1, 0.15) is 53.9 Å². The summed E-state index contributed by atoms with van der Waals surface area (Å²) in [6, 6.07) is 17.9. The van der Waals surface area contributed by atoms with Gasteiger partial charge in [-0.05, 0) is 47.9 Å². The Morgan fingerprint density at radius 3 is 2.30 bits per heavy atom. The molecule has 0 amide bonds. The number of rotatable bonds is 5. The predicted octanol–water partition coefficient (Wildman–Crippen LogP) is 4.61. The minimum absolute atomic E-state index is 0.117. The quantitative estimate of drug-likeness (QED) is 0.597. The van der Waals surface area contributed by atoms with E-state index in [0.717, 1.165) is 19.4 Å². The van der Waals surface area contributed by atoms with Crippen molar-refractivity contribution >= 4 is 0 Å². The molecule has 0 unspecified atom stereocenters. The van der Waals surface area contributed by atoms with Crippen LogP contribution in [0, 0.1) is 4.91 Å². The van der Waals surface area contributed by atoms with Gasteiger partial charge in [0.1, 0.15) is 0 Å². The van der Waals surface area contributed by atoms with Crippen molar-refractivity contribution in [1.29, 1.82) is 0 Å². The maximum atomic E-state index is 10.6.